The van der Waals surface area contributed by atoms with Crippen LogP contribution in [0.5, 0.6) is 0 Å². The Kier molecular flexibility index (Phi) is 3.41. The SMILES string of the molecule is CN(C)c1ccc(C(O)CF)cc1F. The molecule has 4 heteroatoms. The van der Waals surface area contributed by atoms with Crippen molar-refractivity contribution in [1.82, 2.24) is 0 Å². The van der Waals surface area contributed by atoms with Crippen LogP contribution in [0.25, 0.3) is 0 Å². The summed E-state index contributed by atoms with van der Waals surface area (Å²) in [6.45, 7) is -0.902. The van der Waals surface area contributed by atoms with E-state index in [9.17, 15) is 8.78 Å². The molecule has 0 aliphatic rings. The monoisotopic (exact) mass is 201 g/mol. The van der Waals surface area contributed by atoms with Gasteiger partial charge in [-0.2, -0.15) is 0 Å². The quantitative estimate of drug-likeness (QED) is 0.807. The number of halogens is 2. The fraction of sp³-hybridized carbons (Fsp3) is 0.400. The summed E-state index contributed by atoms with van der Waals surface area (Å²) < 4.78 is 25.4. The summed E-state index contributed by atoms with van der Waals surface area (Å²) in [7, 11) is 3.42. The summed E-state index contributed by atoms with van der Waals surface area (Å²) in [5.41, 5.74) is 0.676. The van der Waals surface area contributed by atoms with Crippen LogP contribution >= 0.6 is 0 Å². The van der Waals surface area contributed by atoms with E-state index in [1.54, 1.807) is 19.0 Å². The molecule has 1 rings (SSSR count). The molecule has 0 aliphatic carbocycles. The first-order chi connectivity index (χ1) is 6.56. The average molecular weight is 201 g/mol. The summed E-state index contributed by atoms with van der Waals surface area (Å²) >= 11 is 0. The molecular formula is C10H13F2NO. The molecule has 78 valence electrons. The minimum Gasteiger partial charge on any atom is -0.386 e. The molecule has 0 aromatic heterocycles. The van der Waals surface area contributed by atoms with Gasteiger partial charge in [-0.3, -0.25) is 0 Å². The van der Waals surface area contributed by atoms with Gasteiger partial charge in [0.25, 0.3) is 0 Å². The van der Waals surface area contributed by atoms with E-state index >= 15 is 0 Å². The van der Waals surface area contributed by atoms with Crippen LogP contribution in [0.3, 0.4) is 0 Å². The van der Waals surface area contributed by atoms with E-state index in [-0.39, 0.29) is 5.56 Å². The van der Waals surface area contributed by atoms with Crippen molar-refractivity contribution in [3.8, 4) is 0 Å². The highest BCUT2D eigenvalue weighted by Crippen LogP contribution is 2.22. The van der Waals surface area contributed by atoms with Gasteiger partial charge in [-0.15, -0.1) is 0 Å². The lowest BCUT2D eigenvalue weighted by molar-refractivity contribution is 0.141. The Bertz CT molecular complexity index is 315. The minimum atomic E-state index is -1.24. The van der Waals surface area contributed by atoms with Gasteiger partial charge in [0.2, 0.25) is 0 Å². The number of hydrogen-bond donors (Lipinski definition) is 1. The number of alkyl halides is 1. The molecular weight excluding hydrogens is 188 g/mol. The molecule has 1 unspecified atom stereocenters. The normalized spacial score (nSPS) is 12.6. The van der Waals surface area contributed by atoms with Crippen molar-refractivity contribution in [3.05, 3.63) is 29.6 Å². The third kappa shape index (κ3) is 2.20. The van der Waals surface area contributed by atoms with E-state index in [0.717, 1.165) is 6.07 Å². The topological polar surface area (TPSA) is 23.5 Å². The maximum atomic E-state index is 13.3. The molecule has 1 N–H and O–H groups in total. The molecule has 0 amide bonds. The fourth-order valence-corrected chi connectivity index (χ4v) is 1.18. The van der Waals surface area contributed by atoms with Gasteiger partial charge in [-0.25, -0.2) is 8.78 Å². The van der Waals surface area contributed by atoms with Gasteiger partial charge in [0, 0.05) is 14.1 Å². The number of anilines is 1. The molecule has 0 radical (unpaired) electrons. The van der Waals surface area contributed by atoms with Crippen molar-refractivity contribution >= 4 is 5.69 Å². The number of benzene rings is 1. The van der Waals surface area contributed by atoms with Gasteiger partial charge in [-0.1, -0.05) is 6.07 Å². The van der Waals surface area contributed by atoms with Crippen LogP contribution in [0.1, 0.15) is 11.7 Å². The summed E-state index contributed by atoms with van der Waals surface area (Å²) in [6.07, 6.45) is -1.24. The zero-order chi connectivity index (χ0) is 10.7. The third-order valence-electron chi connectivity index (χ3n) is 1.98. The Hall–Kier alpha value is -1.16. The van der Waals surface area contributed by atoms with E-state index in [0.29, 0.717) is 5.69 Å². The molecule has 0 heterocycles. The van der Waals surface area contributed by atoms with Crippen molar-refractivity contribution < 1.29 is 13.9 Å². The van der Waals surface area contributed by atoms with Gasteiger partial charge in [0.15, 0.2) is 0 Å². The standard InChI is InChI=1S/C10H13F2NO/c1-13(2)9-4-3-7(5-8(9)12)10(14)6-11/h3-5,10,14H,6H2,1-2H3. The summed E-state index contributed by atoms with van der Waals surface area (Å²) in [5.74, 6) is -0.458. The van der Waals surface area contributed by atoms with Crippen LogP contribution in [0, 0.1) is 5.82 Å². The van der Waals surface area contributed by atoms with Crippen molar-refractivity contribution in [2.45, 2.75) is 6.10 Å². The van der Waals surface area contributed by atoms with Gasteiger partial charge in [0.05, 0.1) is 5.69 Å². The molecule has 0 bridgehead atoms. The number of hydrogen-bond acceptors (Lipinski definition) is 2. The second-order valence-electron chi connectivity index (χ2n) is 3.28. The fourth-order valence-electron chi connectivity index (χ4n) is 1.18. The molecule has 0 aliphatic heterocycles. The first-order valence-electron chi connectivity index (χ1n) is 4.27. The number of aliphatic hydroxyl groups is 1. The van der Waals surface area contributed by atoms with Gasteiger partial charge in [0.1, 0.15) is 18.6 Å². The Morgan fingerprint density at radius 1 is 1.43 bits per heavy atom. The van der Waals surface area contributed by atoms with Crippen LogP contribution in [-0.2, 0) is 0 Å². The van der Waals surface area contributed by atoms with Crippen molar-refractivity contribution in [2.75, 3.05) is 25.7 Å². The van der Waals surface area contributed by atoms with Crippen molar-refractivity contribution in [1.29, 1.82) is 0 Å². The number of rotatable bonds is 3. The van der Waals surface area contributed by atoms with Gasteiger partial charge in [-0.05, 0) is 17.7 Å². The van der Waals surface area contributed by atoms with E-state index in [1.807, 2.05) is 0 Å². The van der Waals surface area contributed by atoms with Gasteiger partial charge >= 0.3 is 0 Å². The predicted octanol–water partition coefficient (Wildman–Crippen LogP) is 1.89. The Labute approximate surface area is 81.8 Å². The summed E-state index contributed by atoms with van der Waals surface area (Å²) in [4.78, 5) is 1.61. The molecule has 0 saturated heterocycles. The molecule has 0 fully saturated rings. The van der Waals surface area contributed by atoms with Crippen molar-refractivity contribution in [3.63, 3.8) is 0 Å². The summed E-state index contributed by atoms with van der Waals surface area (Å²) in [6, 6.07) is 4.19. The lowest BCUT2D eigenvalue weighted by Gasteiger charge is -2.15. The first kappa shape index (κ1) is 10.9. The molecule has 1 aromatic rings. The zero-order valence-electron chi connectivity index (χ0n) is 8.17. The van der Waals surface area contributed by atoms with Crippen LogP contribution in [-0.4, -0.2) is 25.9 Å². The highest BCUT2D eigenvalue weighted by atomic mass is 19.1. The Morgan fingerprint density at radius 2 is 2.07 bits per heavy atom. The smallest absolute Gasteiger partial charge is 0.146 e. The third-order valence-corrected chi connectivity index (χ3v) is 1.98. The highest BCUT2D eigenvalue weighted by molar-refractivity contribution is 5.48. The lowest BCUT2D eigenvalue weighted by atomic mass is 10.1. The maximum absolute atomic E-state index is 13.3. The lowest BCUT2D eigenvalue weighted by Crippen LogP contribution is -2.11. The highest BCUT2D eigenvalue weighted by Gasteiger charge is 2.10. The summed E-state index contributed by atoms with van der Waals surface area (Å²) in [5, 5.41) is 9.13. The first-order valence-corrected chi connectivity index (χ1v) is 4.27. The van der Waals surface area contributed by atoms with Crippen LogP contribution in [0.15, 0.2) is 18.2 Å². The zero-order valence-corrected chi connectivity index (χ0v) is 8.17. The largest absolute Gasteiger partial charge is 0.386 e. The Balaban J connectivity index is 3.00. The van der Waals surface area contributed by atoms with E-state index in [4.69, 9.17) is 5.11 Å². The van der Waals surface area contributed by atoms with E-state index in [1.165, 1.54) is 12.1 Å². The molecule has 0 saturated carbocycles. The minimum absolute atomic E-state index is 0.260. The molecule has 14 heavy (non-hydrogen) atoms. The second kappa shape index (κ2) is 4.37. The molecule has 2 nitrogen and oxygen atoms in total. The van der Waals surface area contributed by atoms with Crippen LogP contribution in [0.4, 0.5) is 14.5 Å². The number of nitrogens with zero attached hydrogens (tertiary/aromatic N) is 1. The second-order valence-corrected chi connectivity index (χ2v) is 3.28. The molecule has 1 atom stereocenters. The number of aliphatic hydroxyl groups excluding tert-OH is 1. The van der Waals surface area contributed by atoms with E-state index < -0.39 is 18.6 Å². The van der Waals surface area contributed by atoms with Gasteiger partial charge < -0.3 is 10.0 Å². The van der Waals surface area contributed by atoms with E-state index in [2.05, 4.69) is 0 Å². The molecule has 1 aromatic carbocycles. The average Bonchev–Trinajstić information content (AvgIpc) is 2.15. The van der Waals surface area contributed by atoms with Crippen LogP contribution < -0.4 is 4.90 Å². The predicted molar refractivity (Wildman–Crippen MR) is 51.7 cm³/mol. The maximum Gasteiger partial charge on any atom is 0.146 e. The van der Waals surface area contributed by atoms with Crippen LogP contribution in [0.2, 0.25) is 0 Å². The van der Waals surface area contributed by atoms with Crippen molar-refractivity contribution in [2.24, 2.45) is 0 Å². The Morgan fingerprint density at radius 3 is 2.50 bits per heavy atom. The molecule has 0 spiro atoms.